The molecule has 1 aromatic heterocycles. The lowest BCUT2D eigenvalue weighted by Gasteiger charge is -2.29. The summed E-state index contributed by atoms with van der Waals surface area (Å²) < 4.78 is 2.12. The van der Waals surface area contributed by atoms with E-state index in [1.165, 1.54) is 31.4 Å². The minimum Gasteiger partial charge on any atom is -0.387 e. The first-order chi connectivity index (χ1) is 12.2. The number of aliphatic hydroxyl groups excluding tert-OH is 1. The molecule has 0 fully saturated rings. The summed E-state index contributed by atoms with van der Waals surface area (Å²) in [6, 6.07) is 11.7. The highest BCUT2D eigenvalue weighted by Crippen LogP contribution is 2.27. The number of nitrogens with zero attached hydrogens (tertiary/aromatic N) is 3. The van der Waals surface area contributed by atoms with Crippen molar-refractivity contribution in [3.8, 4) is 0 Å². The molecule has 0 saturated heterocycles. The van der Waals surface area contributed by atoms with Crippen LogP contribution < -0.4 is 0 Å². The Bertz CT molecular complexity index is 697. The number of hydrogen-bond acceptors (Lipinski definition) is 3. The Morgan fingerprint density at radius 3 is 2.56 bits per heavy atom. The smallest absolute Gasteiger partial charge is 0.0975 e. The monoisotopic (exact) mass is 339 g/mol. The fraction of sp³-hybridized carbons (Fsp3) is 0.571. The number of benzene rings is 1. The van der Waals surface area contributed by atoms with Crippen LogP contribution in [0.15, 0.2) is 30.3 Å². The van der Waals surface area contributed by atoms with Crippen LogP contribution in [-0.4, -0.2) is 32.4 Å². The first-order valence-electron chi connectivity index (χ1n) is 9.80. The molecule has 2 heterocycles. The second-order valence-electron chi connectivity index (χ2n) is 7.53. The molecule has 0 spiro atoms. The van der Waals surface area contributed by atoms with Crippen LogP contribution in [0.3, 0.4) is 0 Å². The van der Waals surface area contributed by atoms with Gasteiger partial charge in [0, 0.05) is 25.7 Å². The molecule has 134 valence electrons. The van der Waals surface area contributed by atoms with Crippen molar-refractivity contribution >= 4 is 0 Å². The van der Waals surface area contributed by atoms with Crippen LogP contribution in [0.5, 0.6) is 0 Å². The zero-order valence-electron chi connectivity index (χ0n) is 15.2. The zero-order chi connectivity index (χ0) is 17.2. The van der Waals surface area contributed by atoms with Gasteiger partial charge in [-0.1, -0.05) is 31.2 Å². The second kappa shape index (κ2) is 7.30. The SMILES string of the molecule is CC[C@H](O)c1cc2n(n1)CCCN(C1CCc3ccccc3CC1)C2. The highest BCUT2D eigenvalue weighted by molar-refractivity contribution is 5.28. The van der Waals surface area contributed by atoms with Gasteiger partial charge in [-0.2, -0.15) is 5.10 Å². The van der Waals surface area contributed by atoms with E-state index in [2.05, 4.69) is 45.0 Å². The van der Waals surface area contributed by atoms with Gasteiger partial charge >= 0.3 is 0 Å². The maximum absolute atomic E-state index is 10.1. The van der Waals surface area contributed by atoms with E-state index in [4.69, 9.17) is 0 Å². The zero-order valence-corrected chi connectivity index (χ0v) is 15.2. The topological polar surface area (TPSA) is 41.3 Å². The molecule has 1 atom stereocenters. The minimum atomic E-state index is -0.430. The third-order valence-corrected chi connectivity index (χ3v) is 5.92. The standard InChI is InChI=1S/C21H29N3O/c1-2-21(25)20-14-19-15-23(12-5-13-24(19)22-20)18-10-8-16-6-3-4-7-17(16)9-11-18/h3-4,6-7,14,18,21,25H,2,5,8-13,15H2,1H3/t21-/m0/s1. The van der Waals surface area contributed by atoms with Crippen molar-refractivity contribution in [3.05, 3.63) is 52.8 Å². The van der Waals surface area contributed by atoms with Crippen LogP contribution in [0.1, 0.15) is 61.2 Å². The summed E-state index contributed by atoms with van der Waals surface area (Å²) in [7, 11) is 0. The van der Waals surface area contributed by atoms with Crippen LogP contribution in [0.2, 0.25) is 0 Å². The molecule has 0 radical (unpaired) electrons. The van der Waals surface area contributed by atoms with E-state index in [9.17, 15) is 5.11 Å². The lowest BCUT2D eigenvalue weighted by molar-refractivity contribution is 0.166. The van der Waals surface area contributed by atoms with Gasteiger partial charge < -0.3 is 5.11 Å². The minimum absolute atomic E-state index is 0.430. The van der Waals surface area contributed by atoms with Gasteiger partial charge in [-0.05, 0) is 55.7 Å². The normalized spacial score (nSPS) is 20.4. The largest absolute Gasteiger partial charge is 0.387 e. The maximum Gasteiger partial charge on any atom is 0.0975 e. The number of aryl methyl sites for hydroxylation is 3. The molecule has 25 heavy (non-hydrogen) atoms. The molecule has 4 rings (SSSR count). The fourth-order valence-corrected chi connectivity index (χ4v) is 4.39. The number of hydrogen-bond donors (Lipinski definition) is 1. The van der Waals surface area contributed by atoms with E-state index in [-0.39, 0.29) is 0 Å². The summed E-state index contributed by atoms with van der Waals surface area (Å²) in [5, 5.41) is 14.8. The third kappa shape index (κ3) is 3.51. The summed E-state index contributed by atoms with van der Waals surface area (Å²) in [5.74, 6) is 0. The van der Waals surface area contributed by atoms with Crippen LogP contribution in [0.4, 0.5) is 0 Å². The van der Waals surface area contributed by atoms with E-state index < -0.39 is 6.10 Å². The lowest BCUT2D eigenvalue weighted by atomic mass is 10.0. The summed E-state index contributed by atoms with van der Waals surface area (Å²) in [6.45, 7) is 5.08. The van der Waals surface area contributed by atoms with Gasteiger partial charge in [0.25, 0.3) is 0 Å². The predicted octanol–water partition coefficient (Wildman–Crippen LogP) is 3.48. The molecule has 1 aromatic carbocycles. The molecular formula is C21H29N3O. The number of aromatic nitrogens is 2. The molecule has 1 aliphatic heterocycles. The van der Waals surface area contributed by atoms with E-state index in [0.717, 1.165) is 38.2 Å². The Labute approximate surface area is 150 Å². The molecule has 1 N–H and O–H groups in total. The first kappa shape index (κ1) is 16.8. The van der Waals surface area contributed by atoms with Crippen molar-refractivity contribution in [2.75, 3.05) is 6.54 Å². The summed E-state index contributed by atoms with van der Waals surface area (Å²) >= 11 is 0. The van der Waals surface area contributed by atoms with Crippen molar-refractivity contribution < 1.29 is 5.11 Å². The molecule has 2 aromatic rings. The van der Waals surface area contributed by atoms with Crippen LogP contribution in [-0.2, 0) is 25.9 Å². The van der Waals surface area contributed by atoms with Gasteiger partial charge in [-0.3, -0.25) is 9.58 Å². The van der Waals surface area contributed by atoms with Crippen molar-refractivity contribution in [3.63, 3.8) is 0 Å². The number of rotatable bonds is 3. The average Bonchev–Trinajstić information content (AvgIpc) is 2.81. The quantitative estimate of drug-likeness (QED) is 0.871. The summed E-state index contributed by atoms with van der Waals surface area (Å²) in [4.78, 5) is 2.66. The molecule has 0 amide bonds. The van der Waals surface area contributed by atoms with E-state index in [1.807, 2.05) is 6.92 Å². The number of fused-ring (bicyclic) bond motifs is 2. The van der Waals surface area contributed by atoms with E-state index >= 15 is 0 Å². The predicted molar refractivity (Wildman–Crippen MR) is 99.4 cm³/mol. The molecule has 4 nitrogen and oxygen atoms in total. The molecule has 2 aliphatic rings. The first-order valence-corrected chi connectivity index (χ1v) is 9.80. The van der Waals surface area contributed by atoms with Gasteiger partial charge in [0.1, 0.15) is 0 Å². The summed E-state index contributed by atoms with van der Waals surface area (Å²) in [6.07, 6.45) is 6.30. The Hall–Kier alpha value is -1.65. The van der Waals surface area contributed by atoms with Crippen molar-refractivity contribution in [2.45, 2.75) is 70.7 Å². The van der Waals surface area contributed by atoms with E-state index in [0.29, 0.717) is 6.04 Å². The van der Waals surface area contributed by atoms with E-state index in [1.54, 1.807) is 11.1 Å². The Kier molecular flexibility index (Phi) is 4.91. The Morgan fingerprint density at radius 1 is 1.16 bits per heavy atom. The van der Waals surface area contributed by atoms with Gasteiger partial charge in [0.15, 0.2) is 0 Å². The maximum atomic E-state index is 10.1. The third-order valence-electron chi connectivity index (χ3n) is 5.92. The molecule has 1 aliphatic carbocycles. The Morgan fingerprint density at radius 2 is 1.88 bits per heavy atom. The lowest BCUT2D eigenvalue weighted by Crippen LogP contribution is -2.35. The summed E-state index contributed by atoms with van der Waals surface area (Å²) in [5.41, 5.74) is 5.19. The highest BCUT2D eigenvalue weighted by Gasteiger charge is 2.26. The molecule has 0 bridgehead atoms. The molecule has 0 saturated carbocycles. The van der Waals surface area contributed by atoms with Gasteiger partial charge in [0.05, 0.1) is 17.5 Å². The molecular weight excluding hydrogens is 310 g/mol. The van der Waals surface area contributed by atoms with Crippen molar-refractivity contribution in [2.24, 2.45) is 0 Å². The van der Waals surface area contributed by atoms with Crippen molar-refractivity contribution in [1.82, 2.24) is 14.7 Å². The fourth-order valence-electron chi connectivity index (χ4n) is 4.39. The molecule has 0 unspecified atom stereocenters. The van der Waals surface area contributed by atoms with Gasteiger partial charge in [0.2, 0.25) is 0 Å². The van der Waals surface area contributed by atoms with Crippen molar-refractivity contribution in [1.29, 1.82) is 0 Å². The van der Waals surface area contributed by atoms with Crippen LogP contribution >= 0.6 is 0 Å². The second-order valence-corrected chi connectivity index (χ2v) is 7.53. The van der Waals surface area contributed by atoms with Gasteiger partial charge in [-0.25, -0.2) is 0 Å². The Balaban J connectivity index is 1.49. The van der Waals surface area contributed by atoms with Gasteiger partial charge in [-0.15, -0.1) is 0 Å². The van der Waals surface area contributed by atoms with Crippen LogP contribution in [0, 0.1) is 0 Å². The van der Waals surface area contributed by atoms with Crippen LogP contribution in [0.25, 0.3) is 0 Å². The average molecular weight is 339 g/mol. The highest BCUT2D eigenvalue weighted by atomic mass is 16.3. The number of aliphatic hydroxyl groups is 1. The molecule has 4 heteroatoms.